The number of aliphatic hydroxyl groups is 1. The van der Waals surface area contributed by atoms with Gasteiger partial charge in [0.1, 0.15) is 0 Å². The van der Waals surface area contributed by atoms with Gasteiger partial charge in [-0.25, -0.2) is 0 Å². The zero-order chi connectivity index (χ0) is 8.74. The van der Waals surface area contributed by atoms with Crippen molar-refractivity contribution in [1.29, 1.82) is 0 Å². The molecule has 68 valence electrons. The third kappa shape index (κ3) is 4.41. The van der Waals surface area contributed by atoms with Crippen LogP contribution in [0.4, 0.5) is 0 Å². The van der Waals surface area contributed by atoms with Gasteiger partial charge in [-0.3, -0.25) is 0 Å². The van der Waals surface area contributed by atoms with Gasteiger partial charge in [0.15, 0.2) is 0 Å². The summed E-state index contributed by atoms with van der Waals surface area (Å²) in [6.07, 6.45) is 6.28. The summed E-state index contributed by atoms with van der Waals surface area (Å²) in [6.45, 7) is 6.37. The number of unbranched alkanes of at least 4 members (excludes halogenated alkanes) is 1. The van der Waals surface area contributed by atoms with Crippen molar-refractivity contribution in [2.75, 3.05) is 0 Å². The van der Waals surface area contributed by atoms with E-state index in [0.29, 0.717) is 0 Å². The fourth-order valence-corrected chi connectivity index (χ4v) is 1.45. The van der Waals surface area contributed by atoms with Crippen LogP contribution in [0.25, 0.3) is 0 Å². The minimum Gasteiger partial charge on any atom is -0.390 e. The molecular weight excluding hydrogens is 136 g/mol. The maximum Gasteiger partial charge on any atom is 0.0645 e. The summed E-state index contributed by atoms with van der Waals surface area (Å²) in [5.41, 5.74) is -0.356. The monoisotopic (exact) mass is 158 g/mol. The second-order valence-electron chi connectivity index (χ2n) is 3.43. The lowest BCUT2D eigenvalue weighted by atomic mass is 9.89. The Morgan fingerprint density at radius 2 is 1.64 bits per heavy atom. The largest absolute Gasteiger partial charge is 0.390 e. The molecule has 0 aliphatic rings. The third-order valence-electron chi connectivity index (χ3n) is 2.37. The molecule has 1 nitrogen and oxygen atoms in total. The van der Waals surface area contributed by atoms with E-state index in [-0.39, 0.29) is 5.60 Å². The van der Waals surface area contributed by atoms with E-state index in [2.05, 4.69) is 20.8 Å². The highest BCUT2D eigenvalue weighted by Gasteiger charge is 2.21. The Hall–Kier alpha value is -0.0400. The molecule has 0 aliphatic carbocycles. The Morgan fingerprint density at radius 1 is 1.00 bits per heavy atom. The Kier molecular flexibility index (Phi) is 5.57. The predicted octanol–water partition coefficient (Wildman–Crippen LogP) is 3.12. The molecular formula is C10H22O. The zero-order valence-electron chi connectivity index (χ0n) is 8.19. The van der Waals surface area contributed by atoms with Gasteiger partial charge in [0.25, 0.3) is 0 Å². The molecule has 0 aromatic rings. The lowest BCUT2D eigenvalue weighted by molar-refractivity contribution is 0.0162. The molecule has 1 heteroatoms. The van der Waals surface area contributed by atoms with Crippen LogP contribution in [0, 0.1) is 0 Å². The first kappa shape index (κ1) is 11.0. The summed E-state index contributed by atoms with van der Waals surface area (Å²) < 4.78 is 0. The van der Waals surface area contributed by atoms with Gasteiger partial charge in [0, 0.05) is 0 Å². The summed E-state index contributed by atoms with van der Waals surface area (Å²) in [7, 11) is 0. The molecule has 0 amide bonds. The Labute approximate surface area is 70.8 Å². The van der Waals surface area contributed by atoms with Gasteiger partial charge in [-0.05, 0) is 19.3 Å². The molecule has 0 aliphatic heterocycles. The van der Waals surface area contributed by atoms with Crippen molar-refractivity contribution in [2.24, 2.45) is 0 Å². The third-order valence-corrected chi connectivity index (χ3v) is 2.37. The van der Waals surface area contributed by atoms with E-state index in [4.69, 9.17) is 0 Å². The van der Waals surface area contributed by atoms with Crippen LogP contribution in [-0.2, 0) is 0 Å². The van der Waals surface area contributed by atoms with Crippen LogP contribution < -0.4 is 0 Å². The second-order valence-corrected chi connectivity index (χ2v) is 3.43. The van der Waals surface area contributed by atoms with Crippen LogP contribution in [0.15, 0.2) is 0 Å². The van der Waals surface area contributed by atoms with Crippen molar-refractivity contribution in [2.45, 2.75) is 64.9 Å². The molecule has 0 spiro atoms. The van der Waals surface area contributed by atoms with E-state index in [9.17, 15) is 5.11 Å². The maximum absolute atomic E-state index is 9.95. The van der Waals surface area contributed by atoms with Gasteiger partial charge < -0.3 is 5.11 Å². The number of hydrogen-bond acceptors (Lipinski definition) is 1. The minimum atomic E-state index is -0.356. The van der Waals surface area contributed by atoms with Crippen LogP contribution in [0.3, 0.4) is 0 Å². The summed E-state index contributed by atoms with van der Waals surface area (Å²) in [5, 5.41) is 9.95. The molecule has 0 fully saturated rings. The molecule has 1 unspecified atom stereocenters. The van der Waals surface area contributed by atoms with Crippen LogP contribution in [0.1, 0.15) is 59.3 Å². The van der Waals surface area contributed by atoms with Crippen molar-refractivity contribution in [1.82, 2.24) is 0 Å². The molecule has 0 heterocycles. The lowest BCUT2D eigenvalue weighted by Gasteiger charge is -2.25. The number of rotatable bonds is 6. The summed E-state index contributed by atoms with van der Waals surface area (Å²) in [5.74, 6) is 0. The van der Waals surface area contributed by atoms with Crippen molar-refractivity contribution in [3.8, 4) is 0 Å². The molecule has 0 radical (unpaired) electrons. The highest BCUT2D eigenvalue weighted by molar-refractivity contribution is 4.75. The van der Waals surface area contributed by atoms with Crippen LogP contribution in [0.2, 0.25) is 0 Å². The van der Waals surface area contributed by atoms with Gasteiger partial charge in [-0.1, -0.05) is 40.0 Å². The topological polar surface area (TPSA) is 20.2 Å². The smallest absolute Gasteiger partial charge is 0.0645 e. The highest BCUT2D eigenvalue weighted by Crippen LogP contribution is 2.23. The molecule has 0 rings (SSSR count). The molecule has 1 N–H and O–H groups in total. The first-order valence-electron chi connectivity index (χ1n) is 4.91. The maximum atomic E-state index is 9.95. The van der Waals surface area contributed by atoms with E-state index in [1.165, 1.54) is 6.42 Å². The van der Waals surface area contributed by atoms with Gasteiger partial charge in [-0.15, -0.1) is 0 Å². The average molecular weight is 158 g/mol. The molecule has 0 saturated heterocycles. The molecule has 0 aromatic heterocycles. The Bertz CT molecular complexity index is 90.9. The molecule has 11 heavy (non-hydrogen) atoms. The summed E-state index contributed by atoms with van der Waals surface area (Å²) in [4.78, 5) is 0. The predicted molar refractivity (Wildman–Crippen MR) is 49.7 cm³/mol. The summed E-state index contributed by atoms with van der Waals surface area (Å²) in [6, 6.07) is 0. The first-order valence-corrected chi connectivity index (χ1v) is 4.91. The van der Waals surface area contributed by atoms with Crippen LogP contribution in [0.5, 0.6) is 0 Å². The van der Waals surface area contributed by atoms with Gasteiger partial charge in [0.05, 0.1) is 5.60 Å². The van der Waals surface area contributed by atoms with E-state index in [1.54, 1.807) is 0 Å². The first-order chi connectivity index (χ1) is 5.18. The fraction of sp³-hybridized carbons (Fsp3) is 1.00. The van der Waals surface area contributed by atoms with E-state index >= 15 is 0 Å². The molecule has 0 saturated carbocycles. The highest BCUT2D eigenvalue weighted by atomic mass is 16.3. The van der Waals surface area contributed by atoms with Gasteiger partial charge >= 0.3 is 0 Å². The normalized spacial score (nSPS) is 16.4. The van der Waals surface area contributed by atoms with Crippen LogP contribution >= 0.6 is 0 Å². The Morgan fingerprint density at radius 3 is 2.00 bits per heavy atom. The minimum absolute atomic E-state index is 0.356. The quantitative estimate of drug-likeness (QED) is 0.629. The average Bonchev–Trinajstić information content (AvgIpc) is 2.02. The van der Waals surface area contributed by atoms with E-state index in [0.717, 1.165) is 32.1 Å². The van der Waals surface area contributed by atoms with Crippen molar-refractivity contribution in [3.63, 3.8) is 0 Å². The SMILES string of the molecule is CCCCC(O)(CC)CCC. The van der Waals surface area contributed by atoms with Crippen molar-refractivity contribution in [3.05, 3.63) is 0 Å². The standard InChI is InChI=1S/C10H22O/c1-4-7-9-10(11,6-3)8-5-2/h11H,4-9H2,1-3H3. The van der Waals surface area contributed by atoms with Crippen molar-refractivity contribution >= 4 is 0 Å². The van der Waals surface area contributed by atoms with Gasteiger partial charge in [-0.2, -0.15) is 0 Å². The summed E-state index contributed by atoms with van der Waals surface area (Å²) >= 11 is 0. The number of hydrogen-bond donors (Lipinski definition) is 1. The van der Waals surface area contributed by atoms with E-state index < -0.39 is 0 Å². The lowest BCUT2D eigenvalue weighted by Crippen LogP contribution is -2.26. The zero-order valence-corrected chi connectivity index (χ0v) is 8.19. The van der Waals surface area contributed by atoms with Crippen LogP contribution in [-0.4, -0.2) is 10.7 Å². The molecule has 0 aromatic carbocycles. The van der Waals surface area contributed by atoms with Gasteiger partial charge in [0.2, 0.25) is 0 Å². The second kappa shape index (κ2) is 5.59. The fourth-order valence-electron chi connectivity index (χ4n) is 1.45. The molecule has 0 bridgehead atoms. The van der Waals surface area contributed by atoms with Crippen molar-refractivity contribution < 1.29 is 5.11 Å². The Balaban J connectivity index is 3.68. The van der Waals surface area contributed by atoms with E-state index in [1.807, 2.05) is 0 Å². The molecule has 1 atom stereocenters.